The minimum atomic E-state index is 0.229. The van der Waals surface area contributed by atoms with Gasteiger partial charge in [0.1, 0.15) is 0 Å². The van der Waals surface area contributed by atoms with Crippen LogP contribution in [0.15, 0.2) is 0 Å². The predicted molar refractivity (Wildman–Crippen MR) is 63.8 cm³/mol. The second-order valence-electron chi connectivity index (χ2n) is 4.72. The van der Waals surface area contributed by atoms with Crippen LogP contribution in [0.5, 0.6) is 0 Å². The van der Waals surface area contributed by atoms with Gasteiger partial charge in [-0.25, -0.2) is 0 Å². The molecule has 16 heavy (non-hydrogen) atoms. The Kier molecular flexibility index (Phi) is 5.77. The number of rotatable bonds is 6. The van der Waals surface area contributed by atoms with E-state index in [1.165, 1.54) is 0 Å². The highest BCUT2D eigenvalue weighted by Crippen LogP contribution is 2.21. The molecule has 3 N–H and O–H groups in total. The minimum Gasteiger partial charge on any atom is -0.396 e. The van der Waals surface area contributed by atoms with Crippen LogP contribution in [0.4, 0.5) is 0 Å². The Labute approximate surface area is 97.8 Å². The number of carbonyl (C=O) groups excluding carboxylic acids is 1. The highest BCUT2D eigenvalue weighted by Gasteiger charge is 2.26. The van der Waals surface area contributed by atoms with Gasteiger partial charge in [-0.05, 0) is 31.2 Å². The quantitative estimate of drug-likeness (QED) is 0.699. The Morgan fingerprint density at radius 2 is 2.38 bits per heavy atom. The number of amides is 1. The van der Waals surface area contributed by atoms with Crippen LogP contribution >= 0.6 is 0 Å². The van der Waals surface area contributed by atoms with E-state index < -0.39 is 0 Å². The molecule has 0 aromatic rings. The highest BCUT2D eigenvalue weighted by atomic mass is 16.3. The molecule has 0 aromatic heterocycles. The first-order chi connectivity index (χ1) is 7.71. The molecule has 1 heterocycles. The average molecular weight is 228 g/mol. The molecule has 1 rings (SSSR count). The number of nitrogens with zero attached hydrogens (tertiary/aromatic N) is 1. The van der Waals surface area contributed by atoms with Crippen molar-refractivity contribution in [2.45, 2.75) is 32.6 Å². The Balaban J connectivity index is 2.33. The first kappa shape index (κ1) is 13.5. The van der Waals surface area contributed by atoms with Gasteiger partial charge >= 0.3 is 0 Å². The number of aliphatic hydroxyl groups is 1. The summed E-state index contributed by atoms with van der Waals surface area (Å²) in [6.45, 7) is 4.57. The summed E-state index contributed by atoms with van der Waals surface area (Å²) < 4.78 is 0. The van der Waals surface area contributed by atoms with E-state index in [9.17, 15) is 4.79 Å². The van der Waals surface area contributed by atoms with Crippen LogP contribution in [0.1, 0.15) is 32.6 Å². The normalized spacial score (nSPS) is 22.4. The van der Waals surface area contributed by atoms with Gasteiger partial charge in [0.2, 0.25) is 5.91 Å². The summed E-state index contributed by atoms with van der Waals surface area (Å²) >= 11 is 0. The molecule has 0 aromatic carbocycles. The molecule has 1 saturated heterocycles. The third-order valence-electron chi connectivity index (χ3n) is 3.55. The lowest BCUT2D eigenvalue weighted by Gasteiger charge is -2.19. The van der Waals surface area contributed by atoms with Crippen LogP contribution in [0.3, 0.4) is 0 Å². The van der Waals surface area contributed by atoms with Gasteiger partial charge in [-0.2, -0.15) is 0 Å². The largest absolute Gasteiger partial charge is 0.396 e. The molecule has 4 heteroatoms. The van der Waals surface area contributed by atoms with Crippen molar-refractivity contribution >= 4 is 5.91 Å². The van der Waals surface area contributed by atoms with Crippen molar-refractivity contribution in [1.82, 2.24) is 4.90 Å². The van der Waals surface area contributed by atoms with Crippen molar-refractivity contribution in [3.63, 3.8) is 0 Å². The molecule has 0 aliphatic carbocycles. The molecule has 0 spiro atoms. The Hall–Kier alpha value is -0.610. The fraction of sp³-hybridized carbons (Fsp3) is 0.917. The fourth-order valence-electron chi connectivity index (χ4n) is 2.25. The first-order valence-corrected chi connectivity index (χ1v) is 6.29. The topological polar surface area (TPSA) is 66.6 Å². The number of hydrogen-bond acceptors (Lipinski definition) is 3. The van der Waals surface area contributed by atoms with E-state index in [0.29, 0.717) is 24.8 Å². The lowest BCUT2D eigenvalue weighted by Crippen LogP contribution is -2.31. The molecular weight excluding hydrogens is 204 g/mol. The molecule has 0 bridgehead atoms. The van der Waals surface area contributed by atoms with E-state index in [1.54, 1.807) is 0 Å². The molecule has 0 radical (unpaired) electrons. The number of hydrogen-bond donors (Lipinski definition) is 2. The van der Waals surface area contributed by atoms with E-state index >= 15 is 0 Å². The third-order valence-corrected chi connectivity index (χ3v) is 3.55. The third kappa shape index (κ3) is 3.76. The van der Waals surface area contributed by atoms with Gasteiger partial charge in [-0.1, -0.05) is 13.3 Å². The molecule has 1 fully saturated rings. The number of carbonyl (C=O) groups is 1. The van der Waals surface area contributed by atoms with Gasteiger partial charge in [0, 0.05) is 26.1 Å². The molecular formula is C12H24N2O2. The lowest BCUT2D eigenvalue weighted by molar-refractivity contribution is -0.131. The molecule has 1 aliphatic heterocycles. The molecule has 0 saturated carbocycles. The fourth-order valence-corrected chi connectivity index (χ4v) is 2.25. The molecule has 2 atom stereocenters. The van der Waals surface area contributed by atoms with Gasteiger partial charge in [0.05, 0.1) is 0 Å². The van der Waals surface area contributed by atoms with E-state index in [2.05, 4.69) is 6.92 Å². The standard InChI is InChI=1S/C12H24N2O2/c1-2-10(8-13)7-12(16)14-5-3-11(9-14)4-6-15/h10-11,15H,2-9,13H2,1H3. The van der Waals surface area contributed by atoms with Crippen molar-refractivity contribution in [3.8, 4) is 0 Å². The van der Waals surface area contributed by atoms with Crippen LogP contribution in [-0.2, 0) is 4.79 Å². The summed E-state index contributed by atoms with van der Waals surface area (Å²) in [5, 5.41) is 8.85. The Morgan fingerprint density at radius 1 is 1.62 bits per heavy atom. The molecule has 94 valence electrons. The average Bonchev–Trinajstić information content (AvgIpc) is 2.74. The summed E-state index contributed by atoms with van der Waals surface area (Å²) in [5.74, 6) is 1.05. The summed E-state index contributed by atoms with van der Waals surface area (Å²) in [6.07, 6.45) is 3.40. The minimum absolute atomic E-state index is 0.229. The van der Waals surface area contributed by atoms with Gasteiger partial charge in [0.25, 0.3) is 0 Å². The van der Waals surface area contributed by atoms with Gasteiger partial charge in [-0.15, -0.1) is 0 Å². The predicted octanol–water partition coefficient (Wildman–Crippen LogP) is 0.592. The van der Waals surface area contributed by atoms with Gasteiger partial charge < -0.3 is 15.7 Å². The molecule has 2 unspecified atom stereocenters. The lowest BCUT2D eigenvalue weighted by atomic mass is 10.0. The smallest absolute Gasteiger partial charge is 0.222 e. The van der Waals surface area contributed by atoms with Gasteiger partial charge in [-0.3, -0.25) is 4.79 Å². The van der Waals surface area contributed by atoms with Crippen molar-refractivity contribution in [3.05, 3.63) is 0 Å². The van der Waals surface area contributed by atoms with Gasteiger partial charge in [0.15, 0.2) is 0 Å². The van der Waals surface area contributed by atoms with Crippen molar-refractivity contribution < 1.29 is 9.90 Å². The number of aliphatic hydroxyl groups excluding tert-OH is 1. The number of likely N-dealkylation sites (tertiary alicyclic amines) is 1. The van der Waals surface area contributed by atoms with E-state index in [0.717, 1.165) is 32.4 Å². The molecule has 1 aliphatic rings. The molecule has 4 nitrogen and oxygen atoms in total. The summed E-state index contributed by atoms with van der Waals surface area (Å²) in [5.41, 5.74) is 5.60. The monoisotopic (exact) mass is 228 g/mol. The van der Waals surface area contributed by atoms with Crippen LogP contribution in [0, 0.1) is 11.8 Å². The highest BCUT2D eigenvalue weighted by molar-refractivity contribution is 5.76. The Bertz CT molecular complexity index is 217. The maximum absolute atomic E-state index is 11.9. The van der Waals surface area contributed by atoms with E-state index in [1.807, 2.05) is 4.90 Å². The summed E-state index contributed by atoms with van der Waals surface area (Å²) in [4.78, 5) is 13.9. The van der Waals surface area contributed by atoms with Crippen LogP contribution in [0.25, 0.3) is 0 Å². The van der Waals surface area contributed by atoms with Crippen molar-refractivity contribution in [1.29, 1.82) is 0 Å². The SMILES string of the molecule is CCC(CN)CC(=O)N1CCC(CCO)C1. The van der Waals surface area contributed by atoms with Crippen molar-refractivity contribution in [2.75, 3.05) is 26.2 Å². The molecule has 1 amide bonds. The van der Waals surface area contributed by atoms with Crippen LogP contribution in [0.2, 0.25) is 0 Å². The van der Waals surface area contributed by atoms with Crippen molar-refractivity contribution in [2.24, 2.45) is 17.6 Å². The first-order valence-electron chi connectivity index (χ1n) is 6.29. The second-order valence-corrected chi connectivity index (χ2v) is 4.72. The number of nitrogens with two attached hydrogens (primary N) is 1. The van der Waals surface area contributed by atoms with Crippen LogP contribution < -0.4 is 5.73 Å². The maximum atomic E-state index is 11.9. The summed E-state index contributed by atoms with van der Waals surface area (Å²) in [6, 6.07) is 0. The van der Waals surface area contributed by atoms with Crippen LogP contribution in [-0.4, -0.2) is 42.2 Å². The van der Waals surface area contributed by atoms with E-state index in [4.69, 9.17) is 10.8 Å². The zero-order valence-electron chi connectivity index (χ0n) is 10.2. The zero-order chi connectivity index (χ0) is 12.0. The maximum Gasteiger partial charge on any atom is 0.222 e. The summed E-state index contributed by atoms with van der Waals surface area (Å²) in [7, 11) is 0. The Morgan fingerprint density at radius 3 is 2.94 bits per heavy atom. The zero-order valence-corrected chi connectivity index (χ0v) is 10.2. The van der Waals surface area contributed by atoms with E-state index in [-0.39, 0.29) is 12.5 Å². The second kappa shape index (κ2) is 6.86.